The van der Waals surface area contributed by atoms with Crippen LogP contribution in [0.2, 0.25) is 0 Å². The summed E-state index contributed by atoms with van der Waals surface area (Å²) in [4.78, 5) is 9.16. The number of benzene rings is 2. The second-order valence-electron chi connectivity index (χ2n) is 4.44. The first kappa shape index (κ1) is 12.6. The molecule has 1 N–H and O–H groups in total. The van der Waals surface area contributed by atoms with Crippen molar-refractivity contribution >= 4 is 53.4 Å². The number of ether oxygens (including phenoxy) is 1. The van der Waals surface area contributed by atoms with Crippen LogP contribution in [0.15, 0.2) is 42.5 Å². The Kier molecular flexibility index (Phi) is 2.98. The zero-order chi connectivity index (χ0) is 14.2. The summed E-state index contributed by atoms with van der Waals surface area (Å²) in [5.74, 6) is 0.793. The number of rotatable bonds is 3. The highest BCUT2D eigenvalue weighted by molar-refractivity contribution is 7.24. The second-order valence-corrected chi connectivity index (χ2v) is 6.50. The van der Waals surface area contributed by atoms with Gasteiger partial charge in [-0.1, -0.05) is 40.9 Å². The molecule has 2 heterocycles. The number of methoxy groups -OCH3 is 1. The Bertz CT molecular complexity index is 896. The molecule has 0 saturated carbocycles. The van der Waals surface area contributed by atoms with Gasteiger partial charge in [0.25, 0.3) is 0 Å². The lowest BCUT2D eigenvalue weighted by atomic mass is 10.3. The van der Waals surface area contributed by atoms with Crippen molar-refractivity contribution in [3.05, 3.63) is 42.5 Å². The molecular weight excluding hydrogens is 302 g/mol. The lowest BCUT2D eigenvalue weighted by molar-refractivity contribution is 0.419. The summed E-state index contributed by atoms with van der Waals surface area (Å²) >= 11 is 3.22. The molecule has 0 radical (unpaired) electrons. The number of fused-ring (bicyclic) bond motifs is 2. The molecular formula is C15H11N3OS2. The average molecular weight is 313 g/mol. The monoisotopic (exact) mass is 313 g/mol. The van der Waals surface area contributed by atoms with E-state index < -0.39 is 0 Å². The first-order valence-corrected chi connectivity index (χ1v) is 8.03. The molecule has 104 valence electrons. The van der Waals surface area contributed by atoms with E-state index in [1.165, 1.54) is 4.70 Å². The minimum atomic E-state index is 0.793. The Morgan fingerprint density at radius 3 is 2.52 bits per heavy atom. The van der Waals surface area contributed by atoms with Crippen LogP contribution >= 0.6 is 22.7 Å². The topological polar surface area (TPSA) is 47.0 Å². The van der Waals surface area contributed by atoms with Crippen LogP contribution in [0.25, 0.3) is 20.4 Å². The fourth-order valence-electron chi connectivity index (χ4n) is 2.16. The lowest BCUT2D eigenvalue weighted by Crippen LogP contribution is -1.88. The van der Waals surface area contributed by atoms with Crippen molar-refractivity contribution in [1.29, 1.82) is 0 Å². The lowest BCUT2D eigenvalue weighted by Gasteiger charge is -1.98. The van der Waals surface area contributed by atoms with Crippen LogP contribution in [0, 0.1) is 0 Å². The largest absolute Gasteiger partial charge is 0.494 e. The summed E-state index contributed by atoms with van der Waals surface area (Å²) in [7, 11) is 1.66. The molecule has 21 heavy (non-hydrogen) atoms. The molecule has 6 heteroatoms. The van der Waals surface area contributed by atoms with E-state index in [1.807, 2.05) is 36.4 Å². The van der Waals surface area contributed by atoms with Crippen molar-refractivity contribution in [2.45, 2.75) is 0 Å². The predicted molar refractivity (Wildman–Crippen MR) is 89.1 cm³/mol. The van der Waals surface area contributed by atoms with E-state index in [-0.39, 0.29) is 0 Å². The van der Waals surface area contributed by atoms with E-state index in [9.17, 15) is 0 Å². The molecule has 0 bridgehead atoms. The number of nitrogens with one attached hydrogen (secondary N) is 1. The van der Waals surface area contributed by atoms with Crippen LogP contribution in [-0.4, -0.2) is 17.1 Å². The van der Waals surface area contributed by atoms with Crippen molar-refractivity contribution in [1.82, 2.24) is 9.97 Å². The first-order valence-electron chi connectivity index (χ1n) is 6.39. The molecule has 0 spiro atoms. The third-order valence-corrected chi connectivity index (χ3v) is 5.00. The zero-order valence-corrected chi connectivity index (χ0v) is 12.8. The van der Waals surface area contributed by atoms with Gasteiger partial charge in [0, 0.05) is 0 Å². The molecule has 0 aliphatic carbocycles. The van der Waals surface area contributed by atoms with Gasteiger partial charge < -0.3 is 10.1 Å². The standard InChI is InChI=1S/C15H11N3OS2/c1-19-10-6-4-8-12-13(10)17-15(21-12)18-14-16-9-5-2-3-7-11(9)20-14/h2-8H,1H3,(H,16,17,18). The Hall–Kier alpha value is -2.18. The van der Waals surface area contributed by atoms with Gasteiger partial charge in [-0.2, -0.15) is 0 Å². The van der Waals surface area contributed by atoms with E-state index in [0.29, 0.717) is 0 Å². The van der Waals surface area contributed by atoms with Crippen molar-refractivity contribution < 1.29 is 4.74 Å². The third kappa shape index (κ3) is 2.22. The molecule has 0 amide bonds. The van der Waals surface area contributed by atoms with E-state index in [0.717, 1.165) is 31.7 Å². The summed E-state index contributed by atoms with van der Waals surface area (Å²) in [5.41, 5.74) is 1.89. The molecule has 2 aromatic heterocycles. The quantitative estimate of drug-likeness (QED) is 0.597. The van der Waals surface area contributed by atoms with Crippen LogP contribution in [0.5, 0.6) is 5.75 Å². The first-order chi connectivity index (χ1) is 10.3. The van der Waals surface area contributed by atoms with Crippen molar-refractivity contribution in [2.24, 2.45) is 0 Å². The maximum atomic E-state index is 5.34. The van der Waals surface area contributed by atoms with Crippen LogP contribution in [-0.2, 0) is 0 Å². The van der Waals surface area contributed by atoms with Crippen LogP contribution in [0.1, 0.15) is 0 Å². The number of aromatic nitrogens is 2. The van der Waals surface area contributed by atoms with Crippen LogP contribution < -0.4 is 10.1 Å². The van der Waals surface area contributed by atoms with E-state index in [2.05, 4.69) is 21.4 Å². The van der Waals surface area contributed by atoms with Gasteiger partial charge in [0.05, 0.1) is 22.0 Å². The van der Waals surface area contributed by atoms with Crippen molar-refractivity contribution in [2.75, 3.05) is 12.4 Å². The highest BCUT2D eigenvalue weighted by Crippen LogP contribution is 2.35. The van der Waals surface area contributed by atoms with E-state index >= 15 is 0 Å². The molecule has 4 nitrogen and oxygen atoms in total. The third-order valence-electron chi connectivity index (χ3n) is 3.11. The van der Waals surface area contributed by atoms with Gasteiger partial charge in [-0.3, -0.25) is 0 Å². The summed E-state index contributed by atoms with van der Waals surface area (Å²) < 4.78 is 7.60. The predicted octanol–water partition coefficient (Wildman–Crippen LogP) is 4.66. The number of thiazole rings is 2. The van der Waals surface area contributed by atoms with E-state index in [1.54, 1.807) is 29.8 Å². The van der Waals surface area contributed by atoms with Gasteiger partial charge >= 0.3 is 0 Å². The smallest absolute Gasteiger partial charge is 0.190 e. The van der Waals surface area contributed by atoms with Crippen molar-refractivity contribution in [3.8, 4) is 5.75 Å². The summed E-state index contributed by atoms with van der Waals surface area (Å²) in [6, 6.07) is 14.0. The van der Waals surface area contributed by atoms with Gasteiger partial charge in [0.1, 0.15) is 11.3 Å². The normalized spacial score (nSPS) is 11.1. The summed E-state index contributed by atoms with van der Waals surface area (Å²) in [5, 5.41) is 4.98. The van der Waals surface area contributed by atoms with Crippen LogP contribution in [0.4, 0.5) is 10.3 Å². The van der Waals surface area contributed by atoms with Gasteiger partial charge in [-0.05, 0) is 24.3 Å². The molecule has 0 atom stereocenters. The molecule has 4 rings (SSSR count). The number of nitrogens with zero attached hydrogens (tertiary/aromatic N) is 2. The summed E-state index contributed by atoms with van der Waals surface area (Å²) in [6.07, 6.45) is 0. The maximum Gasteiger partial charge on any atom is 0.190 e. The fraction of sp³-hybridized carbons (Fsp3) is 0.0667. The fourth-order valence-corrected chi connectivity index (χ4v) is 3.97. The number of hydrogen-bond acceptors (Lipinski definition) is 6. The van der Waals surface area contributed by atoms with E-state index in [4.69, 9.17) is 4.74 Å². The highest BCUT2D eigenvalue weighted by Gasteiger charge is 2.10. The van der Waals surface area contributed by atoms with Gasteiger partial charge in [-0.25, -0.2) is 9.97 Å². The maximum absolute atomic E-state index is 5.34. The van der Waals surface area contributed by atoms with Gasteiger partial charge in [0.2, 0.25) is 0 Å². The molecule has 0 aliphatic heterocycles. The molecule has 4 aromatic rings. The Morgan fingerprint density at radius 2 is 1.67 bits per heavy atom. The minimum absolute atomic E-state index is 0.793. The van der Waals surface area contributed by atoms with Crippen molar-refractivity contribution in [3.63, 3.8) is 0 Å². The molecule has 0 aliphatic rings. The number of anilines is 2. The summed E-state index contributed by atoms with van der Waals surface area (Å²) in [6.45, 7) is 0. The molecule has 2 aromatic carbocycles. The molecule has 0 fully saturated rings. The molecule has 0 saturated heterocycles. The average Bonchev–Trinajstić information content (AvgIpc) is 3.09. The van der Waals surface area contributed by atoms with Crippen LogP contribution in [0.3, 0.4) is 0 Å². The molecule has 0 unspecified atom stereocenters. The Balaban J connectivity index is 1.73. The zero-order valence-electron chi connectivity index (χ0n) is 11.2. The Morgan fingerprint density at radius 1 is 0.905 bits per heavy atom. The van der Waals surface area contributed by atoms with Gasteiger partial charge in [-0.15, -0.1) is 0 Å². The number of hydrogen-bond donors (Lipinski definition) is 1. The SMILES string of the molecule is COc1cccc2sc(Nc3nc4ccccc4s3)nc12. The minimum Gasteiger partial charge on any atom is -0.494 e. The highest BCUT2D eigenvalue weighted by atomic mass is 32.1. The number of para-hydroxylation sites is 2. The van der Waals surface area contributed by atoms with Gasteiger partial charge in [0.15, 0.2) is 10.3 Å². The second kappa shape index (κ2) is 4.98. The Labute approximate surface area is 129 Å².